The molecule has 1 aliphatic rings. The Hall–Kier alpha value is -3.62. The van der Waals surface area contributed by atoms with Gasteiger partial charge < -0.3 is 14.8 Å². The van der Waals surface area contributed by atoms with Gasteiger partial charge in [0.2, 0.25) is 12.1 Å². The lowest BCUT2D eigenvalue weighted by Crippen LogP contribution is -2.62. The predicted octanol–water partition coefficient (Wildman–Crippen LogP) is 1.03. The summed E-state index contributed by atoms with van der Waals surface area (Å²) in [6, 6.07) is 10.7. The van der Waals surface area contributed by atoms with Crippen LogP contribution in [-0.2, 0) is 15.3 Å². The van der Waals surface area contributed by atoms with E-state index in [0.717, 1.165) is 9.91 Å². The Morgan fingerprint density at radius 3 is 2.62 bits per heavy atom. The number of carboxylic acid groups (broad SMARTS) is 1. The third-order valence-corrected chi connectivity index (χ3v) is 4.03. The Balaban J connectivity index is 1.94. The Bertz CT molecular complexity index is 821. The molecular formula is C17H16N4O5. The number of furan rings is 1. The zero-order valence-corrected chi connectivity index (χ0v) is 13.6. The van der Waals surface area contributed by atoms with E-state index in [1.54, 1.807) is 30.3 Å². The third-order valence-electron chi connectivity index (χ3n) is 4.03. The number of carbonyl (C=O) groups excluding carboxylic acids is 2. The van der Waals surface area contributed by atoms with Crippen LogP contribution < -0.4 is 5.32 Å². The summed E-state index contributed by atoms with van der Waals surface area (Å²) < 4.78 is 5.12. The van der Waals surface area contributed by atoms with Crippen LogP contribution in [0.15, 0.2) is 58.2 Å². The van der Waals surface area contributed by atoms with Crippen LogP contribution in [0.3, 0.4) is 0 Å². The van der Waals surface area contributed by atoms with Gasteiger partial charge in [0.05, 0.1) is 19.0 Å². The summed E-state index contributed by atoms with van der Waals surface area (Å²) in [6.45, 7) is 0.231. The predicted molar refractivity (Wildman–Crippen MR) is 90.1 cm³/mol. The van der Waals surface area contributed by atoms with Crippen LogP contribution in [0, 0.1) is 0 Å². The summed E-state index contributed by atoms with van der Waals surface area (Å²) in [5.74, 6) is -0.921. The summed E-state index contributed by atoms with van der Waals surface area (Å²) in [5.41, 5.74) is -1.76. The molecule has 1 aromatic heterocycles. The number of nitrogens with one attached hydrogen (secondary N) is 1. The lowest BCUT2D eigenvalue weighted by atomic mass is 9.97. The third kappa shape index (κ3) is 2.90. The van der Waals surface area contributed by atoms with Gasteiger partial charge >= 0.3 is 12.0 Å². The SMILES string of the molecule is O=CNC(C(=O)O)(c1ccccc1)N1CCN(N=Cc2ccco2)C1=O. The molecule has 1 fully saturated rings. The standard InChI is InChI=1S/C17H16N4O5/c22-12-18-17(15(23)24,13-5-2-1-3-6-13)20-8-9-21(16(20)25)19-11-14-7-4-10-26-14/h1-7,10-12H,8-9H2,(H,18,22)(H,23,24). The zero-order valence-electron chi connectivity index (χ0n) is 13.6. The second-order valence-electron chi connectivity index (χ2n) is 5.46. The Labute approximate surface area is 148 Å². The second kappa shape index (κ2) is 7.09. The number of urea groups is 1. The molecule has 0 saturated carbocycles. The van der Waals surface area contributed by atoms with Crippen LogP contribution in [0.5, 0.6) is 0 Å². The van der Waals surface area contributed by atoms with Gasteiger partial charge in [-0.3, -0.25) is 9.69 Å². The average molecular weight is 356 g/mol. The second-order valence-corrected chi connectivity index (χ2v) is 5.46. The number of carboxylic acids is 1. The molecule has 2 N–H and O–H groups in total. The van der Waals surface area contributed by atoms with E-state index in [0.29, 0.717) is 5.76 Å². The van der Waals surface area contributed by atoms with Crippen molar-refractivity contribution in [1.82, 2.24) is 15.2 Å². The number of hydrogen-bond acceptors (Lipinski definition) is 5. The monoisotopic (exact) mass is 356 g/mol. The summed E-state index contributed by atoms with van der Waals surface area (Å²) in [6.07, 6.45) is 3.10. The van der Waals surface area contributed by atoms with Crippen LogP contribution in [0.2, 0.25) is 0 Å². The molecular weight excluding hydrogens is 340 g/mol. The Morgan fingerprint density at radius 1 is 1.23 bits per heavy atom. The van der Waals surface area contributed by atoms with Crippen LogP contribution in [0.25, 0.3) is 0 Å². The summed E-state index contributed by atoms with van der Waals surface area (Å²) in [4.78, 5) is 37.1. The van der Waals surface area contributed by atoms with Gasteiger partial charge in [-0.15, -0.1) is 0 Å². The molecule has 0 aliphatic carbocycles. The number of rotatable bonds is 7. The topological polar surface area (TPSA) is 115 Å². The van der Waals surface area contributed by atoms with Gasteiger partial charge in [0.15, 0.2) is 0 Å². The van der Waals surface area contributed by atoms with Crippen molar-refractivity contribution in [2.24, 2.45) is 5.10 Å². The minimum absolute atomic E-state index is 0.0658. The molecule has 1 unspecified atom stereocenters. The molecule has 1 aromatic carbocycles. The lowest BCUT2D eigenvalue weighted by Gasteiger charge is -2.37. The fourth-order valence-electron chi connectivity index (χ4n) is 2.82. The maximum absolute atomic E-state index is 12.8. The fraction of sp³-hybridized carbons (Fsp3) is 0.176. The van der Waals surface area contributed by atoms with E-state index in [1.165, 1.54) is 24.6 Å². The molecule has 0 bridgehead atoms. The van der Waals surface area contributed by atoms with E-state index in [4.69, 9.17) is 4.42 Å². The van der Waals surface area contributed by atoms with Crippen LogP contribution in [0.4, 0.5) is 4.79 Å². The van der Waals surface area contributed by atoms with Gasteiger partial charge in [0.25, 0.3) is 0 Å². The molecule has 26 heavy (non-hydrogen) atoms. The molecule has 1 saturated heterocycles. The smallest absolute Gasteiger partial charge is 0.355 e. The average Bonchev–Trinajstić information content (AvgIpc) is 3.28. The molecule has 3 amide bonds. The van der Waals surface area contributed by atoms with E-state index in [9.17, 15) is 19.5 Å². The molecule has 2 heterocycles. The number of benzene rings is 1. The quantitative estimate of drug-likeness (QED) is 0.568. The molecule has 9 nitrogen and oxygen atoms in total. The first-order chi connectivity index (χ1) is 12.6. The van der Waals surface area contributed by atoms with E-state index < -0.39 is 17.7 Å². The van der Waals surface area contributed by atoms with Crippen molar-refractivity contribution >= 4 is 24.6 Å². The molecule has 1 aliphatic heterocycles. The summed E-state index contributed by atoms with van der Waals surface area (Å²) in [5, 5.41) is 17.3. The van der Waals surface area contributed by atoms with Gasteiger partial charge in [-0.25, -0.2) is 14.6 Å². The highest BCUT2D eigenvalue weighted by molar-refractivity contribution is 5.90. The number of nitrogens with zero attached hydrogens (tertiary/aromatic N) is 3. The minimum Gasteiger partial charge on any atom is -0.478 e. The van der Waals surface area contributed by atoms with Crippen LogP contribution in [-0.4, -0.2) is 52.7 Å². The highest BCUT2D eigenvalue weighted by Gasteiger charge is 2.52. The molecule has 3 rings (SSSR count). The van der Waals surface area contributed by atoms with E-state index in [1.807, 2.05) is 0 Å². The van der Waals surface area contributed by atoms with Crippen molar-refractivity contribution in [3.63, 3.8) is 0 Å². The maximum Gasteiger partial charge on any atom is 0.355 e. The number of hydrogen-bond donors (Lipinski definition) is 2. The number of aliphatic carboxylic acids is 1. The maximum atomic E-state index is 12.8. The highest BCUT2D eigenvalue weighted by atomic mass is 16.4. The first-order valence-electron chi connectivity index (χ1n) is 7.76. The normalized spacial score (nSPS) is 16.7. The van der Waals surface area contributed by atoms with Crippen LogP contribution >= 0.6 is 0 Å². The first kappa shape index (κ1) is 17.2. The molecule has 2 aromatic rings. The number of hydrazone groups is 1. The minimum atomic E-state index is -2.02. The van der Waals surface area contributed by atoms with Gasteiger partial charge in [-0.05, 0) is 12.1 Å². The highest BCUT2D eigenvalue weighted by Crippen LogP contribution is 2.30. The molecule has 9 heteroatoms. The van der Waals surface area contributed by atoms with E-state index in [-0.39, 0.29) is 25.1 Å². The van der Waals surface area contributed by atoms with Gasteiger partial charge in [0.1, 0.15) is 5.76 Å². The zero-order chi connectivity index (χ0) is 18.6. The first-order valence-corrected chi connectivity index (χ1v) is 7.76. The lowest BCUT2D eigenvalue weighted by molar-refractivity contribution is -0.154. The van der Waals surface area contributed by atoms with Crippen molar-refractivity contribution in [3.05, 3.63) is 60.1 Å². The van der Waals surface area contributed by atoms with Crippen molar-refractivity contribution < 1.29 is 23.9 Å². The van der Waals surface area contributed by atoms with Crippen molar-refractivity contribution in [2.75, 3.05) is 13.1 Å². The van der Waals surface area contributed by atoms with Gasteiger partial charge in [-0.1, -0.05) is 30.3 Å². The number of amides is 3. The number of carbonyl (C=O) groups is 3. The summed E-state index contributed by atoms with van der Waals surface area (Å²) in [7, 11) is 0. The van der Waals surface area contributed by atoms with Crippen LogP contribution in [0.1, 0.15) is 11.3 Å². The Morgan fingerprint density at radius 2 is 2.00 bits per heavy atom. The van der Waals surface area contributed by atoms with Crippen molar-refractivity contribution in [2.45, 2.75) is 5.66 Å². The van der Waals surface area contributed by atoms with Crippen molar-refractivity contribution in [1.29, 1.82) is 0 Å². The largest absolute Gasteiger partial charge is 0.478 e. The molecule has 0 radical (unpaired) electrons. The van der Waals surface area contributed by atoms with Gasteiger partial charge in [0, 0.05) is 12.1 Å². The van der Waals surface area contributed by atoms with Gasteiger partial charge in [-0.2, -0.15) is 5.10 Å². The van der Waals surface area contributed by atoms with E-state index >= 15 is 0 Å². The van der Waals surface area contributed by atoms with E-state index in [2.05, 4.69) is 10.4 Å². The molecule has 1 atom stereocenters. The molecule has 0 spiro atoms. The van der Waals surface area contributed by atoms with Crippen molar-refractivity contribution in [3.8, 4) is 0 Å². The Kier molecular flexibility index (Phi) is 4.70. The summed E-state index contributed by atoms with van der Waals surface area (Å²) >= 11 is 0. The fourth-order valence-corrected chi connectivity index (χ4v) is 2.82. The molecule has 134 valence electrons.